The molecule has 5 heteroatoms. The molecule has 1 aliphatic rings. The number of aryl methyl sites for hydroxylation is 1. The van der Waals surface area contributed by atoms with E-state index in [0.717, 1.165) is 42.2 Å². The van der Waals surface area contributed by atoms with Gasteiger partial charge in [0, 0.05) is 24.0 Å². The lowest BCUT2D eigenvalue weighted by molar-refractivity contribution is -0.131. The van der Waals surface area contributed by atoms with Crippen LogP contribution in [0, 0.1) is 6.92 Å². The van der Waals surface area contributed by atoms with Crippen LogP contribution in [-0.2, 0) is 11.2 Å². The Kier molecular flexibility index (Phi) is 4.13. The van der Waals surface area contributed by atoms with Crippen LogP contribution >= 0.6 is 0 Å². The first-order chi connectivity index (χ1) is 10.7. The Morgan fingerprint density at radius 1 is 1.45 bits per heavy atom. The molecule has 0 unspecified atom stereocenters. The molecule has 0 spiro atoms. The fraction of sp³-hybridized carbons (Fsp3) is 0.412. The average Bonchev–Trinajstić information content (AvgIpc) is 3.16. The highest BCUT2D eigenvalue weighted by Crippen LogP contribution is 2.31. The summed E-state index contributed by atoms with van der Waals surface area (Å²) in [4.78, 5) is 22.3. The summed E-state index contributed by atoms with van der Waals surface area (Å²) in [5, 5.41) is 0. The van der Waals surface area contributed by atoms with E-state index in [2.05, 4.69) is 9.97 Å². The predicted octanol–water partition coefficient (Wildman–Crippen LogP) is 2.63. The molecule has 0 bridgehead atoms. The number of nitrogens with one attached hydrogen (secondary N) is 1. The highest BCUT2D eigenvalue weighted by atomic mass is 16.5. The molecule has 5 nitrogen and oxygen atoms in total. The number of nitrogens with zero attached hydrogens (tertiary/aromatic N) is 2. The van der Waals surface area contributed by atoms with Gasteiger partial charge in [-0.2, -0.15) is 0 Å². The average molecular weight is 299 g/mol. The minimum absolute atomic E-state index is 0.0657. The lowest BCUT2D eigenvalue weighted by Crippen LogP contribution is -2.32. The molecule has 2 heterocycles. The van der Waals surface area contributed by atoms with Crippen LogP contribution in [0.4, 0.5) is 0 Å². The van der Waals surface area contributed by atoms with Gasteiger partial charge in [0.05, 0.1) is 19.6 Å². The van der Waals surface area contributed by atoms with E-state index in [1.807, 2.05) is 42.3 Å². The minimum atomic E-state index is 0.0657. The highest BCUT2D eigenvalue weighted by Gasteiger charge is 2.31. The van der Waals surface area contributed by atoms with Gasteiger partial charge in [0.25, 0.3) is 0 Å². The topological polar surface area (TPSA) is 58.2 Å². The Morgan fingerprint density at radius 3 is 3.00 bits per heavy atom. The fourth-order valence-corrected chi connectivity index (χ4v) is 3.07. The van der Waals surface area contributed by atoms with Crippen molar-refractivity contribution < 1.29 is 9.53 Å². The number of amides is 1. The predicted molar refractivity (Wildman–Crippen MR) is 83.7 cm³/mol. The van der Waals surface area contributed by atoms with Crippen molar-refractivity contribution in [3.63, 3.8) is 0 Å². The van der Waals surface area contributed by atoms with Crippen molar-refractivity contribution in [2.24, 2.45) is 0 Å². The first-order valence-corrected chi connectivity index (χ1v) is 7.62. The maximum absolute atomic E-state index is 12.7. The zero-order valence-corrected chi connectivity index (χ0v) is 13.0. The Labute approximate surface area is 130 Å². The van der Waals surface area contributed by atoms with Crippen molar-refractivity contribution >= 4 is 5.91 Å². The van der Waals surface area contributed by atoms with Crippen LogP contribution in [0.1, 0.15) is 36.0 Å². The highest BCUT2D eigenvalue weighted by molar-refractivity contribution is 5.80. The zero-order chi connectivity index (χ0) is 15.5. The number of aromatic nitrogens is 2. The minimum Gasteiger partial charge on any atom is -0.496 e. The van der Waals surface area contributed by atoms with Crippen molar-refractivity contribution in [1.29, 1.82) is 0 Å². The van der Waals surface area contributed by atoms with Gasteiger partial charge in [-0.05, 0) is 25.8 Å². The first-order valence-electron chi connectivity index (χ1n) is 7.62. The number of imidazole rings is 1. The Balaban J connectivity index is 1.76. The fourth-order valence-electron chi connectivity index (χ4n) is 3.07. The van der Waals surface area contributed by atoms with Gasteiger partial charge in [0.2, 0.25) is 5.91 Å². The van der Waals surface area contributed by atoms with Crippen LogP contribution in [0.3, 0.4) is 0 Å². The van der Waals surface area contributed by atoms with Gasteiger partial charge < -0.3 is 14.6 Å². The van der Waals surface area contributed by atoms with E-state index in [1.165, 1.54) is 0 Å². The Morgan fingerprint density at radius 2 is 2.27 bits per heavy atom. The number of carbonyl (C=O) groups is 1. The summed E-state index contributed by atoms with van der Waals surface area (Å²) in [6.07, 6.45) is 4.16. The van der Waals surface area contributed by atoms with Gasteiger partial charge in [-0.25, -0.2) is 4.98 Å². The van der Waals surface area contributed by atoms with Gasteiger partial charge in [0.1, 0.15) is 11.6 Å². The van der Waals surface area contributed by atoms with Crippen LogP contribution in [0.5, 0.6) is 5.75 Å². The third kappa shape index (κ3) is 2.84. The van der Waals surface area contributed by atoms with Crippen molar-refractivity contribution in [2.75, 3.05) is 13.7 Å². The Bertz CT molecular complexity index is 665. The molecule has 1 atom stereocenters. The summed E-state index contributed by atoms with van der Waals surface area (Å²) < 4.78 is 5.33. The van der Waals surface area contributed by atoms with Crippen molar-refractivity contribution in [3.8, 4) is 5.75 Å². The van der Waals surface area contributed by atoms with E-state index in [1.54, 1.807) is 7.11 Å². The smallest absolute Gasteiger partial charge is 0.227 e. The van der Waals surface area contributed by atoms with E-state index in [-0.39, 0.29) is 11.9 Å². The molecule has 1 N–H and O–H groups in total. The van der Waals surface area contributed by atoms with Gasteiger partial charge in [-0.15, -0.1) is 0 Å². The second-order valence-electron chi connectivity index (χ2n) is 5.69. The molecular weight excluding hydrogens is 278 g/mol. The SMILES string of the molecule is COc1ccccc1CC(=O)N1CCC[C@@H]1c1ncc(C)[nH]1. The second-order valence-corrected chi connectivity index (χ2v) is 5.69. The molecule has 1 saturated heterocycles. The summed E-state index contributed by atoms with van der Waals surface area (Å²) in [5.41, 5.74) is 1.95. The van der Waals surface area contributed by atoms with Crippen LogP contribution in [-0.4, -0.2) is 34.4 Å². The standard InChI is InChI=1S/C17H21N3O2/c1-12-11-18-17(19-12)14-7-5-9-20(14)16(21)10-13-6-3-4-8-15(13)22-2/h3-4,6,8,11,14H,5,7,9-10H2,1-2H3,(H,18,19)/t14-/m1/s1. The Hall–Kier alpha value is -2.30. The molecule has 1 aliphatic heterocycles. The molecule has 0 aliphatic carbocycles. The van der Waals surface area contributed by atoms with E-state index >= 15 is 0 Å². The van der Waals surface area contributed by atoms with E-state index < -0.39 is 0 Å². The number of para-hydroxylation sites is 1. The van der Waals surface area contributed by atoms with Crippen LogP contribution in [0.2, 0.25) is 0 Å². The van der Waals surface area contributed by atoms with Gasteiger partial charge in [-0.1, -0.05) is 18.2 Å². The second kappa shape index (κ2) is 6.22. The number of aromatic amines is 1. The number of ether oxygens (including phenoxy) is 1. The van der Waals surface area contributed by atoms with E-state index in [0.29, 0.717) is 6.42 Å². The number of likely N-dealkylation sites (tertiary alicyclic amines) is 1. The third-order valence-corrected chi connectivity index (χ3v) is 4.15. The quantitative estimate of drug-likeness (QED) is 0.944. The third-order valence-electron chi connectivity index (χ3n) is 4.15. The normalized spacial score (nSPS) is 17.7. The molecule has 1 fully saturated rings. The molecule has 1 amide bonds. The number of benzene rings is 1. The van der Waals surface area contributed by atoms with Gasteiger partial charge in [-0.3, -0.25) is 4.79 Å². The molecule has 0 saturated carbocycles. The number of H-pyrrole nitrogens is 1. The summed E-state index contributed by atoms with van der Waals surface area (Å²) in [5.74, 6) is 1.78. The zero-order valence-electron chi connectivity index (χ0n) is 13.0. The number of hydrogen-bond donors (Lipinski definition) is 1. The summed E-state index contributed by atoms with van der Waals surface area (Å²) in [6.45, 7) is 2.77. The summed E-state index contributed by atoms with van der Waals surface area (Å²) in [6, 6.07) is 7.74. The summed E-state index contributed by atoms with van der Waals surface area (Å²) in [7, 11) is 1.63. The van der Waals surface area contributed by atoms with Crippen molar-refractivity contribution in [2.45, 2.75) is 32.2 Å². The lowest BCUT2D eigenvalue weighted by atomic mass is 10.1. The summed E-state index contributed by atoms with van der Waals surface area (Å²) >= 11 is 0. The molecule has 2 aromatic rings. The largest absolute Gasteiger partial charge is 0.496 e. The molecule has 116 valence electrons. The number of hydrogen-bond acceptors (Lipinski definition) is 3. The van der Waals surface area contributed by atoms with Crippen LogP contribution < -0.4 is 4.74 Å². The van der Waals surface area contributed by atoms with Gasteiger partial charge in [0.15, 0.2) is 0 Å². The maximum Gasteiger partial charge on any atom is 0.227 e. The first kappa shape index (κ1) is 14.6. The molecule has 1 aromatic carbocycles. The number of carbonyl (C=O) groups excluding carboxylic acids is 1. The number of rotatable bonds is 4. The van der Waals surface area contributed by atoms with E-state index in [4.69, 9.17) is 4.74 Å². The van der Waals surface area contributed by atoms with E-state index in [9.17, 15) is 4.79 Å². The van der Waals surface area contributed by atoms with Gasteiger partial charge >= 0.3 is 0 Å². The molecule has 0 radical (unpaired) electrons. The van der Waals surface area contributed by atoms with Crippen LogP contribution in [0.25, 0.3) is 0 Å². The molecule has 22 heavy (non-hydrogen) atoms. The number of methoxy groups -OCH3 is 1. The van der Waals surface area contributed by atoms with Crippen molar-refractivity contribution in [1.82, 2.24) is 14.9 Å². The lowest BCUT2D eigenvalue weighted by Gasteiger charge is -2.23. The molecule has 3 rings (SSSR count). The van der Waals surface area contributed by atoms with Crippen LogP contribution in [0.15, 0.2) is 30.5 Å². The maximum atomic E-state index is 12.7. The van der Waals surface area contributed by atoms with Crippen molar-refractivity contribution in [3.05, 3.63) is 47.5 Å². The molecule has 1 aromatic heterocycles. The molecular formula is C17H21N3O2. The monoisotopic (exact) mass is 299 g/mol.